The topological polar surface area (TPSA) is 50.2 Å². The first-order chi connectivity index (χ1) is 14.0. The molecule has 4 rings (SSSR count). The van der Waals surface area contributed by atoms with E-state index in [1.807, 2.05) is 24.1 Å². The first-order valence-electron chi connectivity index (χ1n) is 9.37. The Kier molecular flexibility index (Phi) is 6.18. The predicted octanol–water partition coefficient (Wildman–Crippen LogP) is 5.86. The van der Waals surface area contributed by atoms with Gasteiger partial charge in [-0.25, -0.2) is 9.69 Å². The summed E-state index contributed by atoms with van der Waals surface area (Å²) in [5.41, 5.74) is 5.71. The van der Waals surface area contributed by atoms with Gasteiger partial charge in [0, 0.05) is 23.7 Å². The molecule has 2 aromatic heterocycles. The monoisotopic (exact) mass is 468 g/mol. The van der Waals surface area contributed by atoms with E-state index in [0.717, 1.165) is 42.1 Å². The van der Waals surface area contributed by atoms with Crippen LogP contribution >= 0.6 is 46.1 Å². The van der Waals surface area contributed by atoms with E-state index in [9.17, 15) is 4.79 Å². The summed E-state index contributed by atoms with van der Waals surface area (Å²) in [6, 6.07) is 9.00. The standard InChI is InChI=1S/C20H19Cl3N4OS/c1-2-13-18(20(28)25-26-9-3-4-10-26)24-27(15-6-5-12(21)11-14(15)22)19(13)16-7-8-17(23)29-16/h5-8,11H,2-4,9-10H2,1H3,(H,25,28). The minimum atomic E-state index is -0.212. The molecule has 1 saturated heterocycles. The fourth-order valence-electron chi connectivity index (χ4n) is 3.52. The quantitative estimate of drug-likeness (QED) is 0.509. The lowest BCUT2D eigenvalue weighted by Crippen LogP contribution is -2.40. The summed E-state index contributed by atoms with van der Waals surface area (Å²) >= 11 is 20.2. The lowest BCUT2D eigenvalue weighted by Gasteiger charge is -2.15. The van der Waals surface area contributed by atoms with Crippen molar-refractivity contribution in [2.24, 2.45) is 0 Å². The zero-order valence-electron chi connectivity index (χ0n) is 15.7. The summed E-state index contributed by atoms with van der Waals surface area (Å²) in [6.45, 7) is 3.71. The van der Waals surface area contributed by atoms with Crippen LogP contribution in [0, 0.1) is 0 Å². The summed E-state index contributed by atoms with van der Waals surface area (Å²) in [5, 5.41) is 7.62. The van der Waals surface area contributed by atoms with Gasteiger partial charge in [-0.3, -0.25) is 10.2 Å². The van der Waals surface area contributed by atoms with E-state index < -0.39 is 0 Å². The number of thiophene rings is 1. The van der Waals surface area contributed by atoms with Gasteiger partial charge in [0.25, 0.3) is 5.91 Å². The molecular formula is C20H19Cl3N4OS. The van der Waals surface area contributed by atoms with Gasteiger partial charge < -0.3 is 0 Å². The molecule has 1 amide bonds. The van der Waals surface area contributed by atoms with Crippen molar-refractivity contribution < 1.29 is 4.79 Å². The second kappa shape index (κ2) is 8.66. The van der Waals surface area contributed by atoms with Crippen LogP contribution in [0.5, 0.6) is 0 Å². The largest absolute Gasteiger partial charge is 0.286 e. The Morgan fingerprint density at radius 3 is 2.55 bits per heavy atom. The van der Waals surface area contributed by atoms with Crippen molar-refractivity contribution in [3.05, 3.63) is 56.0 Å². The molecule has 0 aliphatic carbocycles. The van der Waals surface area contributed by atoms with Crippen molar-refractivity contribution in [1.29, 1.82) is 0 Å². The van der Waals surface area contributed by atoms with E-state index in [-0.39, 0.29) is 5.91 Å². The number of hydrogen-bond acceptors (Lipinski definition) is 4. The first-order valence-corrected chi connectivity index (χ1v) is 11.3. The second-order valence-corrected chi connectivity index (χ2v) is 9.33. The fraction of sp³-hybridized carbons (Fsp3) is 0.300. The molecule has 1 aromatic carbocycles. The van der Waals surface area contributed by atoms with E-state index in [1.54, 1.807) is 22.9 Å². The van der Waals surface area contributed by atoms with Crippen molar-refractivity contribution in [2.75, 3.05) is 13.1 Å². The van der Waals surface area contributed by atoms with Crippen LogP contribution in [0.25, 0.3) is 16.3 Å². The maximum atomic E-state index is 13.0. The first kappa shape index (κ1) is 20.7. The highest BCUT2D eigenvalue weighted by atomic mass is 35.5. The Bertz CT molecular complexity index is 1060. The number of amides is 1. The van der Waals surface area contributed by atoms with E-state index >= 15 is 0 Å². The van der Waals surface area contributed by atoms with Gasteiger partial charge in [0.05, 0.1) is 25.6 Å². The third kappa shape index (κ3) is 4.18. The molecule has 1 fully saturated rings. The molecule has 0 spiro atoms. The molecule has 9 heteroatoms. The number of carbonyl (C=O) groups excluding carboxylic acids is 1. The van der Waals surface area contributed by atoms with Crippen LogP contribution in [-0.2, 0) is 6.42 Å². The maximum absolute atomic E-state index is 13.0. The predicted molar refractivity (Wildman–Crippen MR) is 120 cm³/mol. The van der Waals surface area contributed by atoms with Crippen molar-refractivity contribution >= 4 is 52.0 Å². The van der Waals surface area contributed by atoms with E-state index in [4.69, 9.17) is 34.8 Å². The molecule has 0 saturated carbocycles. The molecule has 1 N–H and O–H groups in total. The third-order valence-electron chi connectivity index (χ3n) is 4.86. The average Bonchev–Trinajstić information content (AvgIpc) is 3.41. The molecule has 0 bridgehead atoms. The van der Waals surface area contributed by atoms with Crippen LogP contribution in [0.3, 0.4) is 0 Å². The number of nitrogens with one attached hydrogen (secondary N) is 1. The fourth-order valence-corrected chi connectivity index (χ4v) is 5.10. The van der Waals surface area contributed by atoms with Crippen molar-refractivity contribution in [3.8, 4) is 16.3 Å². The van der Waals surface area contributed by atoms with Gasteiger partial charge in [-0.1, -0.05) is 41.7 Å². The van der Waals surface area contributed by atoms with Crippen LogP contribution in [0.1, 0.15) is 35.8 Å². The Balaban J connectivity index is 1.86. The number of hydrogen-bond donors (Lipinski definition) is 1. The number of carbonyl (C=O) groups is 1. The molecular weight excluding hydrogens is 451 g/mol. The molecule has 5 nitrogen and oxygen atoms in total. The minimum Gasteiger partial charge on any atom is -0.283 e. The summed E-state index contributed by atoms with van der Waals surface area (Å²) in [7, 11) is 0. The summed E-state index contributed by atoms with van der Waals surface area (Å²) in [6.07, 6.45) is 2.79. The van der Waals surface area contributed by atoms with Crippen molar-refractivity contribution in [1.82, 2.24) is 20.2 Å². The number of benzene rings is 1. The van der Waals surface area contributed by atoms with Crippen molar-refractivity contribution in [2.45, 2.75) is 26.2 Å². The maximum Gasteiger partial charge on any atom is 0.286 e. The van der Waals surface area contributed by atoms with Crippen LogP contribution in [0.15, 0.2) is 30.3 Å². The molecule has 152 valence electrons. The van der Waals surface area contributed by atoms with Crippen LogP contribution in [0.2, 0.25) is 14.4 Å². The molecule has 1 aliphatic rings. The van der Waals surface area contributed by atoms with Gasteiger partial charge in [0.2, 0.25) is 0 Å². The lowest BCUT2D eigenvalue weighted by molar-refractivity contribution is 0.0819. The third-order valence-corrected chi connectivity index (χ3v) is 6.64. The number of nitrogens with zero attached hydrogens (tertiary/aromatic N) is 3. The van der Waals surface area contributed by atoms with Gasteiger partial charge in [-0.05, 0) is 49.6 Å². The zero-order chi connectivity index (χ0) is 20.5. The van der Waals surface area contributed by atoms with Gasteiger partial charge in [0.1, 0.15) is 0 Å². The van der Waals surface area contributed by atoms with E-state index in [2.05, 4.69) is 10.5 Å². The molecule has 0 unspecified atom stereocenters. The van der Waals surface area contributed by atoms with E-state index in [1.165, 1.54) is 11.3 Å². The number of hydrazine groups is 1. The average molecular weight is 470 g/mol. The Morgan fingerprint density at radius 2 is 1.93 bits per heavy atom. The second-order valence-electron chi connectivity index (χ2n) is 6.78. The Hall–Kier alpha value is -1.57. The number of rotatable bonds is 5. The van der Waals surface area contributed by atoms with E-state index in [0.29, 0.717) is 32.2 Å². The normalized spacial score (nSPS) is 14.5. The van der Waals surface area contributed by atoms with Crippen LogP contribution in [0.4, 0.5) is 0 Å². The summed E-state index contributed by atoms with van der Waals surface area (Å²) < 4.78 is 2.39. The highest BCUT2D eigenvalue weighted by Gasteiger charge is 2.27. The lowest BCUT2D eigenvalue weighted by atomic mass is 10.1. The SMILES string of the molecule is CCc1c(C(=O)NN2CCCC2)nn(-c2ccc(Cl)cc2Cl)c1-c1ccc(Cl)s1. The molecule has 3 aromatic rings. The zero-order valence-corrected chi connectivity index (χ0v) is 18.8. The van der Waals surface area contributed by atoms with Gasteiger partial charge >= 0.3 is 0 Å². The minimum absolute atomic E-state index is 0.212. The van der Waals surface area contributed by atoms with Crippen LogP contribution in [-0.4, -0.2) is 33.8 Å². The number of aromatic nitrogens is 2. The highest BCUT2D eigenvalue weighted by Crippen LogP contribution is 2.38. The molecule has 3 heterocycles. The number of halogens is 3. The summed E-state index contributed by atoms with van der Waals surface area (Å²) in [5.74, 6) is -0.212. The highest BCUT2D eigenvalue weighted by molar-refractivity contribution is 7.19. The van der Waals surface area contributed by atoms with Gasteiger partial charge in [0.15, 0.2) is 5.69 Å². The van der Waals surface area contributed by atoms with Gasteiger partial charge in [-0.15, -0.1) is 11.3 Å². The van der Waals surface area contributed by atoms with Crippen LogP contribution < -0.4 is 5.43 Å². The van der Waals surface area contributed by atoms with Crippen molar-refractivity contribution in [3.63, 3.8) is 0 Å². The molecule has 29 heavy (non-hydrogen) atoms. The Labute approximate surface area is 188 Å². The Morgan fingerprint density at radius 1 is 1.17 bits per heavy atom. The smallest absolute Gasteiger partial charge is 0.283 e. The van der Waals surface area contributed by atoms with Gasteiger partial charge in [-0.2, -0.15) is 5.10 Å². The molecule has 0 atom stereocenters. The molecule has 1 aliphatic heterocycles. The molecule has 0 radical (unpaired) electrons. The summed E-state index contributed by atoms with van der Waals surface area (Å²) in [4.78, 5) is 14.0.